The zero-order valence-corrected chi connectivity index (χ0v) is 8.11. The Balaban J connectivity index is 3.70. The molecule has 5 nitrogen and oxygen atoms in total. The minimum absolute atomic E-state index is 0.0359. The summed E-state index contributed by atoms with van der Waals surface area (Å²) in [6.07, 6.45) is -1.08. The number of carboxylic acid groups (broad SMARTS) is 2. The summed E-state index contributed by atoms with van der Waals surface area (Å²) in [7, 11) is 0.306. The van der Waals surface area contributed by atoms with Crippen molar-refractivity contribution in [2.75, 3.05) is 0 Å². The third-order valence-electron chi connectivity index (χ3n) is 1.18. The van der Waals surface area contributed by atoms with E-state index in [0.717, 1.165) is 0 Å². The molecule has 2 N–H and O–H groups in total. The highest BCUT2D eigenvalue weighted by atomic mass is 28.2. The van der Waals surface area contributed by atoms with Crippen LogP contribution in [0.1, 0.15) is 12.8 Å². The molecule has 0 aliphatic heterocycles. The highest BCUT2D eigenvalue weighted by Gasteiger charge is 2.16. The second kappa shape index (κ2) is 4.86. The van der Waals surface area contributed by atoms with Gasteiger partial charge >= 0.3 is 11.9 Å². The lowest BCUT2D eigenvalue weighted by Crippen LogP contribution is -2.23. The molecular weight excluding hydrogens is 168 g/mol. The maximum atomic E-state index is 10.2. The monoisotopic (exact) mass is 178 g/mol. The van der Waals surface area contributed by atoms with E-state index < -0.39 is 18.0 Å². The van der Waals surface area contributed by atoms with E-state index in [2.05, 4.69) is 4.43 Å². The van der Waals surface area contributed by atoms with Crippen LogP contribution in [0.5, 0.6) is 0 Å². The minimum Gasteiger partial charge on any atom is -0.481 e. The highest BCUT2D eigenvalue weighted by molar-refractivity contribution is 5.99. The van der Waals surface area contributed by atoms with Gasteiger partial charge < -0.3 is 14.6 Å². The molecule has 0 aromatic carbocycles. The summed E-state index contributed by atoms with van der Waals surface area (Å²) in [5.41, 5.74) is 0. The molecule has 0 saturated heterocycles. The standard InChI is InChI=1S/C5H10O5Si/c6-4(7)2-1-3(10-11)5(8)9/h3H,1-2H2,11H3,(H,6,7)(H,8,9). The Labute approximate surface area is 66.5 Å². The first-order chi connectivity index (χ1) is 5.07. The van der Waals surface area contributed by atoms with Gasteiger partial charge in [-0.05, 0) is 6.42 Å². The molecule has 0 radical (unpaired) electrons. The van der Waals surface area contributed by atoms with Gasteiger partial charge in [-0.15, -0.1) is 0 Å². The quantitative estimate of drug-likeness (QED) is 0.506. The van der Waals surface area contributed by atoms with Crippen LogP contribution in [-0.4, -0.2) is 38.7 Å². The molecule has 6 heteroatoms. The van der Waals surface area contributed by atoms with Crippen molar-refractivity contribution in [3.63, 3.8) is 0 Å². The van der Waals surface area contributed by atoms with Crippen molar-refractivity contribution < 1.29 is 24.2 Å². The number of rotatable bonds is 5. The first-order valence-electron chi connectivity index (χ1n) is 3.05. The number of hydrogen-bond acceptors (Lipinski definition) is 3. The fourth-order valence-corrected chi connectivity index (χ4v) is 1.03. The maximum absolute atomic E-state index is 10.2. The predicted molar refractivity (Wildman–Crippen MR) is 39.3 cm³/mol. The molecule has 0 saturated carbocycles. The molecule has 0 spiro atoms. The van der Waals surface area contributed by atoms with E-state index in [9.17, 15) is 9.59 Å². The SMILES string of the molecule is O=C(O)CCC(O[SiH3])C(=O)O. The summed E-state index contributed by atoms with van der Waals surface area (Å²) in [4.78, 5) is 20.3. The van der Waals surface area contributed by atoms with Crippen LogP contribution in [0.15, 0.2) is 0 Å². The Morgan fingerprint density at radius 1 is 1.45 bits per heavy atom. The molecule has 0 aliphatic carbocycles. The van der Waals surface area contributed by atoms with Gasteiger partial charge in [0, 0.05) is 6.42 Å². The van der Waals surface area contributed by atoms with Crippen molar-refractivity contribution in [1.29, 1.82) is 0 Å². The lowest BCUT2D eigenvalue weighted by molar-refractivity contribution is -0.146. The van der Waals surface area contributed by atoms with Crippen molar-refractivity contribution in [3.05, 3.63) is 0 Å². The number of carboxylic acids is 2. The minimum atomic E-state index is -1.10. The van der Waals surface area contributed by atoms with Gasteiger partial charge in [0.1, 0.15) is 16.6 Å². The molecule has 0 bridgehead atoms. The second-order valence-electron chi connectivity index (χ2n) is 1.99. The van der Waals surface area contributed by atoms with Crippen LogP contribution in [-0.2, 0) is 14.0 Å². The number of carbonyl (C=O) groups is 2. The lowest BCUT2D eigenvalue weighted by Gasteiger charge is -2.07. The third kappa shape index (κ3) is 4.51. The Bertz CT molecular complexity index is 157. The van der Waals surface area contributed by atoms with Gasteiger partial charge in [0.2, 0.25) is 0 Å². The van der Waals surface area contributed by atoms with E-state index in [1.807, 2.05) is 0 Å². The van der Waals surface area contributed by atoms with Crippen molar-refractivity contribution in [3.8, 4) is 0 Å². The first-order valence-corrected chi connectivity index (χ1v) is 3.87. The number of hydrogen-bond donors (Lipinski definition) is 2. The van der Waals surface area contributed by atoms with E-state index in [0.29, 0.717) is 10.5 Å². The van der Waals surface area contributed by atoms with Crippen LogP contribution in [0.4, 0.5) is 0 Å². The van der Waals surface area contributed by atoms with Crippen LogP contribution >= 0.6 is 0 Å². The summed E-state index contributed by atoms with van der Waals surface area (Å²) in [6, 6.07) is 0. The van der Waals surface area contributed by atoms with Crippen molar-refractivity contribution in [2.24, 2.45) is 0 Å². The molecule has 0 heterocycles. The van der Waals surface area contributed by atoms with E-state index in [-0.39, 0.29) is 12.8 Å². The second-order valence-corrected chi connectivity index (χ2v) is 2.47. The highest BCUT2D eigenvalue weighted by Crippen LogP contribution is 2.00. The Kier molecular flexibility index (Phi) is 4.47. The van der Waals surface area contributed by atoms with Gasteiger partial charge in [0.25, 0.3) is 0 Å². The van der Waals surface area contributed by atoms with E-state index in [4.69, 9.17) is 10.2 Å². The van der Waals surface area contributed by atoms with Crippen LogP contribution in [0.3, 0.4) is 0 Å². The van der Waals surface area contributed by atoms with E-state index in [1.165, 1.54) is 0 Å². The molecule has 11 heavy (non-hydrogen) atoms. The van der Waals surface area contributed by atoms with Crippen LogP contribution < -0.4 is 0 Å². The molecular formula is C5H10O5Si. The fraction of sp³-hybridized carbons (Fsp3) is 0.600. The topological polar surface area (TPSA) is 83.8 Å². The number of aliphatic carboxylic acids is 2. The fourth-order valence-electron chi connectivity index (χ4n) is 0.597. The maximum Gasteiger partial charge on any atom is 0.331 e. The largest absolute Gasteiger partial charge is 0.481 e. The molecule has 0 rings (SSSR count). The first kappa shape index (κ1) is 10.1. The van der Waals surface area contributed by atoms with Crippen molar-refractivity contribution >= 4 is 22.4 Å². The Morgan fingerprint density at radius 3 is 2.27 bits per heavy atom. The van der Waals surface area contributed by atoms with Gasteiger partial charge in [-0.3, -0.25) is 4.79 Å². The van der Waals surface area contributed by atoms with Gasteiger partial charge in [-0.25, -0.2) is 4.79 Å². The van der Waals surface area contributed by atoms with Crippen LogP contribution in [0.2, 0.25) is 0 Å². The normalized spacial score (nSPS) is 12.7. The zero-order valence-electron chi connectivity index (χ0n) is 6.11. The van der Waals surface area contributed by atoms with Gasteiger partial charge in [-0.2, -0.15) is 0 Å². The van der Waals surface area contributed by atoms with Gasteiger partial charge in [-0.1, -0.05) is 0 Å². The average molecular weight is 178 g/mol. The molecule has 0 aromatic rings. The predicted octanol–water partition coefficient (Wildman–Crippen LogP) is -1.40. The Hall–Kier alpha value is -0.883. The summed E-state index contributed by atoms with van der Waals surface area (Å²) < 4.78 is 4.64. The Morgan fingerprint density at radius 2 is 2.00 bits per heavy atom. The van der Waals surface area contributed by atoms with E-state index in [1.54, 1.807) is 0 Å². The van der Waals surface area contributed by atoms with Crippen LogP contribution in [0, 0.1) is 0 Å². The van der Waals surface area contributed by atoms with Crippen molar-refractivity contribution in [1.82, 2.24) is 0 Å². The van der Waals surface area contributed by atoms with Crippen molar-refractivity contribution in [2.45, 2.75) is 18.9 Å². The molecule has 1 unspecified atom stereocenters. The smallest absolute Gasteiger partial charge is 0.331 e. The molecule has 1 atom stereocenters. The molecule has 0 amide bonds. The molecule has 0 aliphatic rings. The molecule has 0 aromatic heterocycles. The molecule has 0 fully saturated rings. The van der Waals surface area contributed by atoms with Gasteiger partial charge in [0.15, 0.2) is 0 Å². The summed E-state index contributed by atoms with van der Waals surface area (Å²) in [6.45, 7) is 0. The summed E-state index contributed by atoms with van der Waals surface area (Å²) in [5, 5.41) is 16.6. The van der Waals surface area contributed by atoms with Crippen LogP contribution in [0.25, 0.3) is 0 Å². The summed E-state index contributed by atoms with van der Waals surface area (Å²) >= 11 is 0. The average Bonchev–Trinajstić information content (AvgIpc) is 1.87. The summed E-state index contributed by atoms with van der Waals surface area (Å²) in [5.74, 6) is -2.10. The van der Waals surface area contributed by atoms with Gasteiger partial charge in [0.05, 0.1) is 0 Å². The van der Waals surface area contributed by atoms with E-state index >= 15 is 0 Å². The third-order valence-corrected chi connectivity index (χ3v) is 1.75. The lowest BCUT2D eigenvalue weighted by atomic mass is 10.2. The zero-order chi connectivity index (χ0) is 8.85. The molecule has 64 valence electrons.